The lowest BCUT2D eigenvalue weighted by atomic mass is 10.1. The van der Waals surface area contributed by atoms with Crippen LogP contribution >= 0.6 is 0 Å². The number of piperidine rings is 1. The van der Waals surface area contributed by atoms with Crippen molar-refractivity contribution in [2.75, 3.05) is 33.2 Å². The van der Waals surface area contributed by atoms with Gasteiger partial charge in [-0.25, -0.2) is 0 Å². The molecule has 1 N–H and O–H groups in total. The van der Waals surface area contributed by atoms with E-state index in [1.807, 2.05) is 19.2 Å². The van der Waals surface area contributed by atoms with Crippen molar-refractivity contribution in [2.45, 2.75) is 32.4 Å². The van der Waals surface area contributed by atoms with Crippen LogP contribution in [0.15, 0.2) is 22.8 Å². The second kappa shape index (κ2) is 7.45. The molecule has 0 radical (unpaired) electrons. The molecule has 0 aliphatic carbocycles. The molecule has 2 heterocycles. The molecule has 5 heteroatoms. The first-order valence-corrected chi connectivity index (χ1v) is 7.41. The van der Waals surface area contributed by atoms with Crippen molar-refractivity contribution in [1.29, 1.82) is 0 Å². The number of hydrogen-bond donors (Lipinski definition) is 1. The van der Waals surface area contributed by atoms with Gasteiger partial charge in [0.05, 0.1) is 19.4 Å². The summed E-state index contributed by atoms with van der Waals surface area (Å²) in [5.41, 5.74) is 0. The summed E-state index contributed by atoms with van der Waals surface area (Å²) in [6.07, 6.45) is 4.01. The second-order valence-electron chi connectivity index (χ2n) is 5.39. The molecule has 2 rings (SSSR count). The molecule has 1 saturated heterocycles. The van der Waals surface area contributed by atoms with Crippen LogP contribution in [0, 0.1) is 0 Å². The maximum Gasteiger partial charge on any atom is 0.236 e. The second-order valence-corrected chi connectivity index (χ2v) is 5.39. The van der Waals surface area contributed by atoms with Crippen molar-refractivity contribution in [1.82, 2.24) is 15.1 Å². The Morgan fingerprint density at radius 1 is 1.55 bits per heavy atom. The molecule has 1 amide bonds. The van der Waals surface area contributed by atoms with Crippen LogP contribution in [-0.2, 0) is 11.3 Å². The van der Waals surface area contributed by atoms with Crippen LogP contribution in [0.4, 0.5) is 0 Å². The number of rotatable bonds is 6. The highest BCUT2D eigenvalue weighted by molar-refractivity contribution is 5.78. The first-order valence-electron chi connectivity index (χ1n) is 7.41. The Morgan fingerprint density at radius 3 is 3.00 bits per heavy atom. The van der Waals surface area contributed by atoms with Crippen molar-refractivity contribution in [3.63, 3.8) is 0 Å². The van der Waals surface area contributed by atoms with Crippen molar-refractivity contribution < 1.29 is 9.21 Å². The van der Waals surface area contributed by atoms with Crippen molar-refractivity contribution in [3.8, 4) is 0 Å². The van der Waals surface area contributed by atoms with Gasteiger partial charge in [-0.2, -0.15) is 0 Å². The van der Waals surface area contributed by atoms with E-state index >= 15 is 0 Å². The highest BCUT2D eigenvalue weighted by Gasteiger charge is 2.23. The van der Waals surface area contributed by atoms with E-state index in [0.29, 0.717) is 19.1 Å². The predicted octanol–water partition coefficient (Wildman–Crippen LogP) is 1.31. The Balaban J connectivity index is 1.84. The third-order valence-electron chi connectivity index (χ3n) is 3.93. The van der Waals surface area contributed by atoms with Crippen LogP contribution in [0.2, 0.25) is 0 Å². The lowest BCUT2D eigenvalue weighted by Crippen LogP contribution is -2.49. The molecule has 112 valence electrons. The number of likely N-dealkylation sites (N-methyl/N-ethyl adjacent to an activating group) is 2. The predicted molar refractivity (Wildman–Crippen MR) is 78.3 cm³/mol. The first-order chi connectivity index (χ1) is 9.70. The standard InChI is InChI=1S/C15H25N3O2/c1-3-18(13-6-4-8-16-10-13)12-15(19)17(2)11-14-7-5-9-20-14/h5,7,9,13,16H,3-4,6,8,10-12H2,1-2H3. The maximum atomic E-state index is 12.3. The van der Waals surface area contributed by atoms with Gasteiger partial charge in [-0.3, -0.25) is 9.69 Å². The van der Waals surface area contributed by atoms with Gasteiger partial charge in [0.1, 0.15) is 5.76 Å². The van der Waals surface area contributed by atoms with E-state index in [-0.39, 0.29) is 5.91 Å². The quantitative estimate of drug-likeness (QED) is 0.853. The van der Waals surface area contributed by atoms with Crippen LogP contribution in [0.5, 0.6) is 0 Å². The highest BCUT2D eigenvalue weighted by Crippen LogP contribution is 2.11. The Morgan fingerprint density at radius 2 is 2.40 bits per heavy atom. The Hall–Kier alpha value is -1.33. The van der Waals surface area contributed by atoms with Gasteiger partial charge < -0.3 is 14.6 Å². The molecule has 5 nitrogen and oxygen atoms in total. The maximum absolute atomic E-state index is 12.3. The fourth-order valence-corrected chi connectivity index (χ4v) is 2.66. The number of nitrogens with zero attached hydrogens (tertiary/aromatic N) is 2. The van der Waals surface area contributed by atoms with E-state index in [9.17, 15) is 4.79 Å². The molecule has 20 heavy (non-hydrogen) atoms. The third-order valence-corrected chi connectivity index (χ3v) is 3.93. The molecule has 1 aliphatic heterocycles. The summed E-state index contributed by atoms with van der Waals surface area (Å²) < 4.78 is 5.28. The minimum absolute atomic E-state index is 0.147. The number of amides is 1. The SMILES string of the molecule is CCN(CC(=O)N(C)Cc1ccco1)C1CCCNC1. The largest absolute Gasteiger partial charge is 0.467 e. The molecule has 1 atom stereocenters. The van der Waals surface area contributed by atoms with E-state index in [0.717, 1.165) is 25.4 Å². The van der Waals surface area contributed by atoms with Crippen LogP contribution in [-0.4, -0.2) is 55.0 Å². The first kappa shape index (κ1) is 15.1. The monoisotopic (exact) mass is 279 g/mol. The van der Waals surface area contributed by atoms with Gasteiger partial charge >= 0.3 is 0 Å². The Labute approximate surface area is 120 Å². The van der Waals surface area contributed by atoms with Gasteiger partial charge in [0, 0.05) is 19.6 Å². The minimum Gasteiger partial charge on any atom is -0.467 e. The zero-order valence-electron chi connectivity index (χ0n) is 12.5. The molecule has 0 spiro atoms. The summed E-state index contributed by atoms with van der Waals surface area (Å²) in [6.45, 7) is 6.14. The Kier molecular flexibility index (Phi) is 5.61. The molecule has 1 aromatic rings. The molecule has 1 unspecified atom stereocenters. The number of carbonyl (C=O) groups is 1. The minimum atomic E-state index is 0.147. The van der Waals surface area contributed by atoms with E-state index in [1.165, 1.54) is 12.8 Å². The molecular weight excluding hydrogens is 254 g/mol. The highest BCUT2D eigenvalue weighted by atomic mass is 16.3. The van der Waals surface area contributed by atoms with Gasteiger partial charge in [-0.05, 0) is 38.1 Å². The molecule has 0 bridgehead atoms. The zero-order chi connectivity index (χ0) is 14.4. The van der Waals surface area contributed by atoms with Crippen LogP contribution in [0.25, 0.3) is 0 Å². The van der Waals surface area contributed by atoms with Gasteiger partial charge in [0.25, 0.3) is 0 Å². The van der Waals surface area contributed by atoms with Crippen molar-refractivity contribution >= 4 is 5.91 Å². The van der Waals surface area contributed by atoms with Gasteiger partial charge in [0.2, 0.25) is 5.91 Å². The summed E-state index contributed by atoms with van der Waals surface area (Å²) in [5, 5.41) is 3.41. The molecule has 1 fully saturated rings. The number of nitrogens with one attached hydrogen (secondary N) is 1. The average Bonchev–Trinajstić information content (AvgIpc) is 2.98. The normalized spacial score (nSPS) is 19.2. The molecular formula is C15H25N3O2. The number of hydrogen-bond acceptors (Lipinski definition) is 4. The topological polar surface area (TPSA) is 48.7 Å². The third kappa shape index (κ3) is 4.08. The van der Waals surface area contributed by atoms with Crippen molar-refractivity contribution in [3.05, 3.63) is 24.2 Å². The van der Waals surface area contributed by atoms with Crippen LogP contribution in [0.1, 0.15) is 25.5 Å². The van der Waals surface area contributed by atoms with E-state index in [1.54, 1.807) is 11.2 Å². The smallest absolute Gasteiger partial charge is 0.236 e. The van der Waals surface area contributed by atoms with E-state index in [4.69, 9.17) is 4.42 Å². The van der Waals surface area contributed by atoms with Gasteiger partial charge in [-0.1, -0.05) is 6.92 Å². The number of carbonyl (C=O) groups excluding carboxylic acids is 1. The molecule has 0 aromatic carbocycles. The lowest BCUT2D eigenvalue weighted by molar-refractivity contribution is -0.132. The summed E-state index contributed by atoms with van der Waals surface area (Å²) in [7, 11) is 1.83. The summed E-state index contributed by atoms with van der Waals surface area (Å²) >= 11 is 0. The summed E-state index contributed by atoms with van der Waals surface area (Å²) in [5.74, 6) is 0.969. The zero-order valence-corrected chi connectivity index (χ0v) is 12.5. The molecule has 1 aromatic heterocycles. The van der Waals surface area contributed by atoms with E-state index < -0.39 is 0 Å². The van der Waals surface area contributed by atoms with Crippen LogP contribution in [0.3, 0.4) is 0 Å². The van der Waals surface area contributed by atoms with Gasteiger partial charge in [0.15, 0.2) is 0 Å². The fraction of sp³-hybridized carbons (Fsp3) is 0.667. The number of furan rings is 1. The summed E-state index contributed by atoms with van der Waals surface area (Å²) in [6, 6.07) is 4.22. The lowest BCUT2D eigenvalue weighted by Gasteiger charge is -2.34. The average molecular weight is 279 g/mol. The molecule has 0 saturated carbocycles. The van der Waals surface area contributed by atoms with E-state index in [2.05, 4.69) is 17.1 Å². The van der Waals surface area contributed by atoms with Crippen LogP contribution < -0.4 is 5.32 Å². The molecule has 1 aliphatic rings. The van der Waals surface area contributed by atoms with Crippen molar-refractivity contribution in [2.24, 2.45) is 0 Å². The van der Waals surface area contributed by atoms with Gasteiger partial charge in [-0.15, -0.1) is 0 Å². The summed E-state index contributed by atoms with van der Waals surface area (Å²) in [4.78, 5) is 16.3. The Bertz CT molecular complexity index is 399. The fourth-order valence-electron chi connectivity index (χ4n) is 2.66.